The van der Waals surface area contributed by atoms with Gasteiger partial charge in [-0.15, -0.1) is 11.6 Å². The lowest BCUT2D eigenvalue weighted by Gasteiger charge is -2.22. The maximum atomic E-state index is 5.76. The van der Waals surface area contributed by atoms with Gasteiger partial charge in [0, 0.05) is 25.6 Å². The normalized spacial score (nSPS) is 17.2. The molecule has 1 aliphatic rings. The van der Waals surface area contributed by atoms with Gasteiger partial charge < -0.3 is 10.1 Å². The van der Waals surface area contributed by atoms with Crippen LogP contribution in [0.15, 0.2) is 24.3 Å². The van der Waals surface area contributed by atoms with Gasteiger partial charge in [0.25, 0.3) is 0 Å². The van der Waals surface area contributed by atoms with Crippen LogP contribution in [0, 0.1) is 5.92 Å². The van der Waals surface area contributed by atoms with Crippen LogP contribution in [0.1, 0.15) is 24.0 Å². The van der Waals surface area contributed by atoms with Crippen molar-refractivity contribution in [3.05, 3.63) is 35.4 Å². The van der Waals surface area contributed by atoms with Crippen LogP contribution in [0.5, 0.6) is 0 Å². The highest BCUT2D eigenvalue weighted by Crippen LogP contribution is 2.13. The average Bonchev–Trinajstić information content (AvgIpc) is 2.41. The molecule has 1 saturated heterocycles. The Morgan fingerprint density at radius 1 is 1.12 bits per heavy atom. The Labute approximate surface area is 108 Å². The molecule has 1 aliphatic heterocycles. The van der Waals surface area contributed by atoms with Crippen LogP contribution in [-0.4, -0.2) is 19.8 Å². The summed E-state index contributed by atoms with van der Waals surface area (Å²) in [6.45, 7) is 3.90. The molecule has 1 heterocycles. The third-order valence-corrected chi connectivity index (χ3v) is 3.59. The van der Waals surface area contributed by atoms with Gasteiger partial charge in [-0.05, 0) is 36.4 Å². The van der Waals surface area contributed by atoms with Crippen molar-refractivity contribution in [2.45, 2.75) is 25.3 Å². The molecule has 0 bridgehead atoms. The number of alkyl halides is 1. The van der Waals surface area contributed by atoms with Crippen LogP contribution in [0.3, 0.4) is 0 Å². The Bertz CT molecular complexity index is 319. The van der Waals surface area contributed by atoms with E-state index in [1.807, 2.05) is 0 Å². The van der Waals surface area contributed by atoms with Crippen molar-refractivity contribution in [3.63, 3.8) is 0 Å². The molecule has 94 valence electrons. The number of rotatable bonds is 5. The van der Waals surface area contributed by atoms with Crippen molar-refractivity contribution in [1.82, 2.24) is 5.32 Å². The van der Waals surface area contributed by atoms with Gasteiger partial charge in [-0.1, -0.05) is 24.3 Å². The molecular formula is C14H20ClNO. The van der Waals surface area contributed by atoms with E-state index in [0.29, 0.717) is 5.88 Å². The summed E-state index contributed by atoms with van der Waals surface area (Å²) in [5, 5.41) is 3.52. The minimum Gasteiger partial charge on any atom is -0.381 e. The molecule has 1 fully saturated rings. The fourth-order valence-electron chi connectivity index (χ4n) is 2.12. The van der Waals surface area contributed by atoms with Gasteiger partial charge in [0.2, 0.25) is 0 Å². The molecule has 0 saturated carbocycles. The first kappa shape index (κ1) is 12.9. The molecule has 0 spiro atoms. The Kier molecular flexibility index (Phi) is 5.30. The van der Waals surface area contributed by atoms with Crippen LogP contribution in [0.2, 0.25) is 0 Å². The molecule has 3 heteroatoms. The van der Waals surface area contributed by atoms with Crippen LogP contribution in [0.25, 0.3) is 0 Å². The van der Waals surface area contributed by atoms with E-state index >= 15 is 0 Å². The monoisotopic (exact) mass is 253 g/mol. The first-order chi connectivity index (χ1) is 8.38. The molecule has 0 radical (unpaired) electrons. The molecule has 1 aromatic carbocycles. The van der Waals surface area contributed by atoms with Crippen molar-refractivity contribution in [3.8, 4) is 0 Å². The summed E-state index contributed by atoms with van der Waals surface area (Å²) in [5.74, 6) is 1.38. The minimum absolute atomic E-state index is 0.593. The maximum absolute atomic E-state index is 5.76. The summed E-state index contributed by atoms with van der Waals surface area (Å²) in [6, 6.07) is 8.49. The second-order valence-corrected chi connectivity index (χ2v) is 4.90. The third-order valence-electron chi connectivity index (χ3n) is 3.28. The lowest BCUT2D eigenvalue weighted by atomic mass is 10.0. The van der Waals surface area contributed by atoms with Crippen LogP contribution in [-0.2, 0) is 17.2 Å². The summed E-state index contributed by atoms with van der Waals surface area (Å²) < 4.78 is 5.35. The molecule has 1 N–H and O–H groups in total. The van der Waals surface area contributed by atoms with Crippen LogP contribution < -0.4 is 5.32 Å². The SMILES string of the molecule is ClCc1ccc(CNCC2CCOCC2)cc1. The van der Waals surface area contributed by atoms with E-state index in [4.69, 9.17) is 16.3 Å². The summed E-state index contributed by atoms with van der Waals surface area (Å²) >= 11 is 5.76. The van der Waals surface area contributed by atoms with E-state index < -0.39 is 0 Å². The minimum atomic E-state index is 0.593. The zero-order valence-corrected chi connectivity index (χ0v) is 10.9. The van der Waals surface area contributed by atoms with Gasteiger partial charge in [-0.3, -0.25) is 0 Å². The highest BCUT2D eigenvalue weighted by molar-refractivity contribution is 6.17. The zero-order valence-electron chi connectivity index (χ0n) is 10.1. The molecule has 0 atom stereocenters. The van der Waals surface area contributed by atoms with E-state index in [1.165, 1.54) is 24.0 Å². The van der Waals surface area contributed by atoms with Gasteiger partial charge >= 0.3 is 0 Å². The quantitative estimate of drug-likeness (QED) is 0.815. The van der Waals surface area contributed by atoms with Gasteiger partial charge in [0.1, 0.15) is 0 Å². The van der Waals surface area contributed by atoms with Gasteiger partial charge in [-0.25, -0.2) is 0 Å². The largest absolute Gasteiger partial charge is 0.381 e. The van der Waals surface area contributed by atoms with E-state index in [2.05, 4.69) is 29.6 Å². The number of hydrogen-bond donors (Lipinski definition) is 1. The van der Waals surface area contributed by atoms with Gasteiger partial charge in [0.15, 0.2) is 0 Å². The Morgan fingerprint density at radius 2 is 1.76 bits per heavy atom. The predicted molar refractivity (Wildman–Crippen MR) is 71.2 cm³/mol. The fourth-order valence-corrected chi connectivity index (χ4v) is 2.30. The smallest absolute Gasteiger partial charge is 0.0474 e. The van der Waals surface area contributed by atoms with Crippen LogP contribution >= 0.6 is 11.6 Å². The molecule has 2 rings (SSSR count). The molecule has 2 nitrogen and oxygen atoms in total. The lowest BCUT2D eigenvalue weighted by Crippen LogP contribution is -2.27. The highest BCUT2D eigenvalue weighted by atomic mass is 35.5. The molecule has 0 aromatic heterocycles. The number of benzene rings is 1. The molecule has 1 aromatic rings. The lowest BCUT2D eigenvalue weighted by molar-refractivity contribution is 0.0662. The summed E-state index contributed by atoms with van der Waals surface area (Å²) in [5.41, 5.74) is 2.51. The average molecular weight is 254 g/mol. The topological polar surface area (TPSA) is 21.3 Å². The molecule has 17 heavy (non-hydrogen) atoms. The second-order valence-electron chi connectivity index (χ2n) is 4.64. The van der Waals surface area contributed by atoms with Crippen molar-refractivity contribution in [2.24, 2.45) is 5.92 Å². The van der Waals surface area contributed by atoms with E-state index in [1.54, 1.807) is 0 Å². The van der Waals surface area contributed by atoms with Crippen molar-refractivity contribution < 1.29 is 4.74 Å². The molecule has 0 unspecified atom stereocenters. The zero-order chi connectivity index (χ0) is 11.9. The van der Waals surface area contributed by atoms with E-state index in [0.717, 1.165) is 32.2 Å². The predicted octanol–water partition coefficient (Wildman–Crippen LogP) is 2.94. The number of halogens is 1. The van der Waals surface area contributed by atoms with Crippen molar-refractivity contribution >= 4 is 11.6 Å². The van der Waals surface area contributed by atoms with E-state index in [9.17, 15) is 0 Å². The van der Waals surface area contributed by atoms with Crippen LogP contribution in [0.4, 0.5) is 0 Å². The Balaban J connectivity index is 1.69. The maximum Gasteiger partial charge on any atom is 0.0474 e. The molecule has 0 amide bonds. The Hall–Kier alpha value is -0.570. The third kappa shape index (κ3) is 4.30. The standard InChI is InChI=1S/C14H20ClNO/c15-9-12-1-3-13(4-2-12)10-16-11-14-5-7-17-8-6-14/h1-4,14,16H,5-11H2. The summed E-state index contributed by atoms with van der Waals surface area (Å²) in [4.78, 5) is 0. The number of hydrogen-bond acceptors (Lipinski definition) is 2. The summed E-state index contributed by atoms with van der Waals surface area (Å²) in [7, 11) is 0. The van der Waals surface area contributed by atoms with Crippen molar-refractivity contribution in [1.29, 1.82) is 0 Å². The second kappa shape index (κ2) is 7.00. The number of nitrogens with one attached hydrogen (secondary N) is 1. The van der Waals surface area contributed by atoms with Crippen molar-refractivity contribution in [2.75, 3.05) is 19.8 Å². The number of ether oxygens (including phenoxy) is 1. The first-order valence-electron chi connectivity index (χ1n) is 6.30. The fraction of sp³-hybridized carbons (Fsp3) is 0.571. The van der Waals surface area contributed by atoms with Gasteiger partial charge in [0.05, 0.1) is 0 Å². The van der Waals surface area contributed by atoms with Gasteiger partial charge in [-0.2, -0.15) is 0 Å². The highest BCUT2D eigenvalue weighted by Gasteiger charge is 2.12. The Morgan fingerprint density at radius 3 is 2.41 bits per heavy atom. The first-order valence-corrected chi connectivity index (χ1v) is 6.84. The van der Waals surface area contributed by atoms with E-state index in [-0.39, 0.29) is 0 Å². The molecular weight excluding hydrogens is 234 g/mol. The molecule has 0 aliphatic carbocycles. The summed E-state index contributed by atoms with van der Waals surface area (Å²) in [6.07, 6.45) is 2.39.